The van der Waals surface area contributed by atoms with Crippen LogP contribution in [0, 0.1) is 5.92 Å². The van der Waals surface area contributed by atoms with Crippen molar-refractivity contribution >= 4 is 21.6 Å². The van der Waals surface area contributed by atoms with Crippen molar-refractivity contribution in [3.05, 3.63) is 29.8 Å². The Morgan fingerprint density at radius 2 is 1.79 bits per heavy atom. The van der Waals surface area contributed by atoms with Crippen LogP contribution in [0.4, 0.5) is 5.69 Å². The van der Waals surface area contributed by atoms with Crippen molar-refractivity contribution in [2.24, 2.45) is 11.1 Å². The fourth-order valence-corrected chi connectivity index (χ4v) is 4.49. The minimum atomic E-state index is -3.54. The molecule has 0 bridgehead atoms. The Bertz CT molecular complexity index is 682. The van der Waals surface area contributed by atoms with E-state index in [1.807, 2.05) is 12.1 Å². The standard InChI is InChI=1S/C17H25N3O3S/c18-24(22,23)13-15-11-17(21)20(12-15)16-5-3-14(4-6-16)7-10-19-8-1-2-9-19/h3-6,15H,1-2,7-13H2,(H2,18,22,23). The molecule has 0 radical (unpaired) electrons. The summed E-state index contributed by atoms with van der Waals surface area (Å²) in [6.45, 7) is 3.90. The highest BCUT2D eigenvalue weighted by Crippen LogP contribution is 2.26. The molecule has 2 fully saturated rings. The average molecular weight is 351 g/mol. The molecule has 1 aromatic carbocycles. The monoisotopic (exact) mass is 351 g/mol. The number of carbonyl (C=O) groups excluding carboxylic acids is 1. The molecule has 6 nitrogen and oxygen atoms in total. The number of likely N-dealkylation sites (tertiary alicyclic amines) is 1. The number of nitrogens with zero attached hydrogens (tertiary/aromatic N) is 2. The lowest BCUT2D eigenvalue weighted by Crippen LogP contribution is -2.27. The van der Waals surface area contributed by atoms with Crippen LogP contribution < -0.4 is 10.0 Å². The van der Waals surface area contributed by atoms with Gasteiger partial charge < -0.3 is 9.80 Å². The summed E-state index contributed by atoms with van der Waals surface area (Å²) in [5.41, 5.74) is 2.10. The maximum Gasteiger partial charge on any atom is 0.227 e. The highest BCUT2D eigenvalue weighted by molar-refractivity contribution is 7.89. The molecule has 0 saturated carbocycles. The van der Waals surface area contributed by atoms with Crippen molar-refractivity contribution in [2.75, 3.05) is 36.8 Å². The van der Waals surface area contributed by atoms with Crippen molar-refractivity contribution in [1.82, 2.24) is 4.90 Å². The normalized spacial score (nSPS) is 22.5. The molecule has 24 heavy (non-hydrogen) atoms. The first-order valence-corrected chi connectivity index (χ1v) is 10.2. The Labute approximate surface area is 143 Å². The molecule has 0 aliphatic carbocycles. The quantitative estimate of drug-likeness (QED) is 0.828. The van der Waals surface area contributed by atoms with Gasteiger partial charge in [0.2, 0.25) is 15.9 Å². The summed E-state index contributed by atoms with van der Waals surface area (Å²) in [6, 6.07) is 8.03. The number of carbonyl (C=O) groups is 1. The van der Waals surface area contributed by atoms with E-state index < -0.39 is 10.0 Å². The Balaban J connectivity index is 1.57. The molecule has 2 N–H and O–H groups in total. The maximum absolute atomic E-state index is 12.1. The van der Waals surface area contributed by atoms with Gasteiger partial charge in [-0.25, -0.2) is 13.6 Å². The molecule has 1 aromatic rings. The van der Waals surface area contributed by atoms with Crippen LogP contribution in [0.25, 0.3) is 0 Å². The zero-order valence-electron chi connectivity index (χ0n) is 13.9. The van der Waals surface area contributed by atoms with E-state index in [0.717, 1.165) is 18.7 Å². The zero-order valence-corrected chi connectivity index (χ0v) is 14.7. The number of sulfonamides is 1. The highest BCUT2D eigenvalue weighted by atomic mass is 32.2. The van der Waals surface area contributed by atoms with Gasteiger partial charge >= 0.3 is 0 Å². The van der Waals surface area contributed by atoms with E-state index in [1.165, 1.54) is 31.5 Å². The summed E-state index contributed by atoms with van der Waals surface area (Å²) in [4.78, 5) is 16.3. The molecule has 7 heteroatoms. The van der Waals surface area contributed by atoms with Gasteiger partial charge in [0.15, 0.2) is 0 Å². The Hall–Kier alpha value is -1.44. The third kappa shape index (κ3) is 4.55. The molecule has 2 saturated heterocycles. The SMILES string of the molecule is NS(=O)(=O)CC1CC(=O)N(c2ccc(CCN3CCCC3)cc2)C1. The summed E-state index contributed by atoms with van der Waals surface area (Å²) in [5.74, 6) is -0.390. The van der Waals surface area contributed by atoms with E-state index in [1.54, 1.807) is 4.90 Å². The third-order valence-corrected chi connectivity index (χ3v) is 5.77. The summed E-state index contributed by atoms with van der Waals surface area (Å²) < 4.78 is 22.4. The number of benzene rings is 1. The van der Waals surface area contributed by atoms with Gasteiger partial charge in [0.25, 0.3) is 0 Å². The smallest absolute Gasteiger partial charge is 0.227 e. The van der Waals surface area contributed by atoms with Crippen LogP contribution in [0.5, 0.6) is 0 Å². The van der Waals surface area contributed by atoms with E-state index in [4.69, 9.17) is 5.14 Å². The predicted molar refractivity (Wildman–Crippen MR) is 94.3 cm³/mol. The number of amides is 1. The van der Waals surface area contributed by atoms with Gasteiger partial charge in [-0.15, -0.1) is 0 Å². The molecule has 0 spiro atoms. The molecule has 2 aliphatic rings. The van der Waals surface area contributed by atoms with E-state index in [2.05, 4.69) is 17.0 Å². The van der Waals surface area contributed by atoms with E-state index >= 15 is 0 Å². The highest BCUT2D eigenvalue weighted by Gasteiger charge is 2.32. The molecule has 3 rings (SSSR count). The van der Waals surface area contributed by atoms with Crippen molar-refractivity contribution in [1.29, 1.82) is 0 Å². The fourth-order valence-electron chi connectivity index (χ4n) is 3.61. The van der Waals surface area contributed by atoms with Crippen molar-refractivity contribution in [2.45, 2.75) is 25.7 Å². The van der Waals surface area contributed by atoms with Gasteiger partial charge in [-0.2, -0.15) is 0 Å². The molecule has 0 aromatic heterocycles. The van der Waals surface area contributed by atoms with Crippen LogP contribution in [0.3, 0.4) is 0 Å². The first kappa shape index (κ1) is 17.4. The molecule has 1 atom stereocenters. The van der Waals surface area contributed by atoms with Crippen LogP contribution in [0.1, 0.15) is 24.8 Å². The fraction of sp³-hybridized carbons (Fsp3) is 0.588. The topological polar surface area (TPSA) is 83.7 Å². The zero-order chi connectivity index (χ0) is 17.2. The summed E-state index contributed by atoms with van der Waals surface area (Å²) >= 11 is 0. The van der Waals surface area contributed by atoms with Crippen LogP contribution in [0.2, 0.25) is 0 Å². The Morgan fingerprint density at radius 1 is 1.12 bits per heavy atom. The van der Waals surface area contributed by atoms with Gasteiger partial charge in [-0.05, 0) is 50.0 Å². The van der Waals surface area contributed by atoms with Crippen molar-refractivity contribution in [3.8, 4) is 0 Å². The summed E-state index contributed by atoms with van der Waals surface area (Å²) in [7, 11) is -3.54. The third-order valence-electron chi connectivity index (χ3n) is 4.84. The number of hydrogen-bond donors (Lipinski definition) is 1. The molecule has 2 aliphatic heterocycles. The van der Waals surface area contributed by atoms with Gasteiger partial charge in [0.1, 0.15) is 0 Å². The maximum atomic E-state index is 12.1. The predicted octanol–water partition coefficient (Wildman–Crippen LogP) is 0.966. The summed E-state index contributed by atoms with van der Waals surface area (Å²) in [5, 5.41) is 5.09. The van der Waals surface area contributed by atoms with E-state index in [-0.39, 0.29) is 24.0 Å². The van der Waals surface area contributed by atoms with Crippen LogP contribution in [-0.2, 0) is 21.2 Å². The van der Waals surface area contributed by atoms with Gasteiger partial charge in [0.05, 0.1) is 5.75 Å². The van der Waals surface area contributed by atoms with Crippen LogP contribution in [-0.4, -0.2) is 51.2 Å². The van der Waals surface area contributed by atoms with E-state index in [9.17, 15) is 13.2 Å². The second-order valence-corrected chi connectivity index (χ2v) is 8.53. The molecule has 132 valence electrons. The Kier molecular flexibility index (Phi) is 5.22. The lowest BCUT2D eigenvalue weighted by atomic mass is 10.1. The summed E-state index contributed by atoms with van der Waals surface area (Å²) in [6.07, 6.45) is 3.86. The number of anilines is 1. The van der Waals surface area contributed by atoms with E-state index in [0.29, 0.717) is 6.54 Å². The number of primary sulfonamides is 1. The lowest BCUT2D eigenvalue weighted by Gasteiger charge is -2.18. The van der Waals surface area contributed by atoms with Crippen molar-refractivity contribution < 1.29 is 13.2 Å². The molecular weight excluding hydrogens is 326 g/mol. The average Bonchev–Trinajstić information content (AvgIpc) is 3.14. The largest absolute Gasteiger partial charge is 0.312 e. The van der Waals surface area contributed by atoms with Crippen LogP contribution in [0.15, 0.2) is 24.3 Å². The second kappa shape index (κ2) is 7.21. The first-order chi connectivity index (χ1) is 11.4. The van der Waals surface area contributed by atoms with Gasteiger partial charge in [-0.1, -0.05) is 12.1 Å². The Morgan fingerprint density at radius 3 is 2.42 bits per heavy atom. The van der Waals surface area contributed by atoms with Gasteiger partial charge in [-0.3, -0.25) is 4.79 Å². The number of nitrogens with two attached hydrogens (primary N) is 1. The molecular formula is C17H25N3O3S. The van der Waals surface area contributed by atoms with Gasteiger partial charge in [0, 0.05) is 31.1 Å². The second-order valence-electron chi connectivity index (χ2n) is 6.87. The number of rotatable bonds is 6. The first-order valence-electron chi connectivity index (χ1n) is 8.53. The lowest BCUT2D eigenvalue weighted by molar-refractivity contribution is -0.117. The molecule has 1 amide bonds. The molecule has 2 heterocycles. The van der Waals surface area contributed by atoms with Crippen molar-refractivity contribution in [3.63, 3.8) is 0 Å². The minimum Gasteiger partial charge on any atom is -0.312 e. The minimum absolute atomic E-state index is 0.0338. The number of hydrogen-bond acceptors (Lipinski definition) is 4. The molecule has 1 unspecified atom stereocenters. The van der Waals surface area contributed by atoms with Crippen LogP contribution >= 0.6 is 0 Å².